The monoisotopic (exact) mass is 311 g/mol. The molecule has 0 unspecified atom stereocenters. The van der Waals surface area contributed by atoms with Crippen LogP contribution in [0.2, 0.25) is 0 Å². The number of anilines is 2. The molecule has 1 amide bonds. The zero-order chi connectivity index (χ0) is 16.2. The first-order valence-electron chi connectivity index (χ1n) is 8.63. The molecule has 23 heavy (non-hydrogen) atoms. The Labute approximate surface area is 137 Å². The molecule has 1 aliphatic heterocycles. The van der Waals surface area contributed by atoms with Gasteiger partial charge in [0, 0.05) is 30.6 Å². The van der Waals surface area contributed by atoms with Gasteiger partial charge in [-0.15, -0.1) is 0 Å². The minimum absolute atomic E-state index is 0.0717. The van der Waals surface area contributed by atoms with Crippen molar-refractivity contribution in [2.45, 2.75) is 46.0 Å². The van der Waals surface area contributed by atoms with Crippen molar-refractivity contribution in [1.82, 2.24) is 4.98 Å². The summed E-state index contributed by atoms with van der Waals surface area (Å²) in [6, 6.07) is 8.16. The molecule has 0 bridgehead atoms. The van der Waals surface area contributed by atoms with Gasteiger partial charge in [-0.05, 0) is 62.4 Å². The zero-order valence-corrected chi connectivity index (χ0v) is 14.1. The van der Waals surface area contributed by atoms with Crippen LogP contribution in [0.4, 0.5) is 11.5 Å². The van der Waals surface area contributed by atoms with Crippen molar-refractivity contribution in [1.29, 1.82) is 0 Å². The van der Waals surface area contributed by atoms with Crippen LogP contribution in [-0.4, -0.2) is 24.0 Å². The summed E-state index contributed by atoms with van der Waals surface area (Å²) in [4.78, 5) is 19.0. The number of carbonyl (C=O) groups is 1. The van der Waals surface area contributed by atoms with Gasteiger partial charge in [-0.25, -0.2) is 4.98 Å². The summed E-state index contributed by atoms with van der Waals surface area (Å²) < 4.78 is 0. The Morgan fingerprint density at radius 2 is 2.00 bits per heavy atom. The Kier molecular flexibility index (Phi) is 4.79. The average molecular weight is 311 g/mol. The van der Waals surface area contributed by atoms with Gasteiger partial charge in [0.25, 0.3) is 0 Å². The van der Waals surface area contributed by atoms with Gasteiger partial charge in [0.05, 0.1) is 5.52 Å². The molecule has 1 aromatic heterocycles. The van der Waals surface area contributed by atoms with Crippen LogP contribution in [-0.2, 0) is 4.79 Å². The number of aryl methyl sites for hydroxylation is 1. The third-order valence-electron chi connectivity index (χ3n) is 4.44. The molecule has 0 atom stereocenters. The van der Waals surface area contributed by atoms with E-state index in [0.29, 0.717) is 6.42 Å². The second kappa shape index (κ2) is 6.99. The number of piperidine rings is 1. The van der Waals surface area contributed by atoms with Crippen LogP contribution in [0.25, 0.3) is 10.9 Å². The molecule has 1 aromatic carbocycles. The quantitative estimate of drug-likeness (QED) is 0.917. The normalized spacial score (nSPS) is 15.0. The lowest BCUT2D eigenvalue weighted by Gasteiger charge is -2.28. The van der Waals surface area contributed by atoms with E-state index < -0.39 is 0 Å². The fraction of sp³-hybridized carbons (Fsp3) is 0.474. The van der Waals surface area contributed by atoms with Crippen molar-refractivity contribution in [2.75, 3.05) is 23.3 Å². The Bertz CT molecular complexity index is 705. The predicted octanol–water partition coefficient (Wildman–Crippen LogP) is 4.27. The summed E-state index contributed by atoms with van der Waals surface area (Å²) in [6.07, 6.45) is 5.24. The highest BCUT2D eigenvalue weighted by Gasteiger charge is 2.14. The average Bonchev–Trinajstić information content (AvgIpc) is 2.56. The van der Waals surface area contributed by atoms with E-state index in [1.54, 1.807) is 0 Å². The van der Waals surface area contributed by atoms with Crippen LogP contribution >= 0.6 is 0 Å². The van der Waals surface area contributed by atoms with Crippen LogP contribution in [0, 0.1) is 6.92 Å². The fourth-order valence-corrected chi connectivity index (χ4v) is 3.19. The number of benzene rings is 1. The largest absolute Gasteiger partial charge is 0.357 e. The fourth-order valence-electron chi connectivity index (χ4n) is 3.19. The molecule has 0 saturated carbocycles. The Morgan fingerprint density at radius 1 is 1.22 bits per heavy atom. The maximum absolute atomic E-state index is 11.8. The molecule has 1 aliphatic rings. The number of carbonyl (C=O) groups excluding carboxylic acids is 1. The first-order chi connectivity index (χ1) is 11.2. The predicted molar refractivity (Wildman–Crippen MR) is 96.1 cm³/mol. The van der Waals surface area contributed by atoms with Crippen molar-refractivity contribution >= 4 is 28.3 Å². The number of pyridine rings is 1. The molecular weight excluding hydrogens is 286 g/mol. The molecule has 1 saturated heterocycles. The third kappa shape index (κ3) is 3.63. The van der Waals surface area contributed by atoms with Crippen molar-refractivity contribution in [2.24, 2.45) is 0 Å². The van der Waals surface area contributed by atoms with E-state index in [2.05, 4.69) is 23.2 Å². The van der Waals surface area contributed by atoms with Gasteiger partial charge in [-0.2, -0.15) is 0 Å². The second-order valence-electron chi connectivity index (χ2n) is 6.38. The first kappa shape index (κ1) is 15.8. The van der Waals surface area contributed by atoms with Crippen LogP contribution in [0.1, 0.15) is 44.6 Å². The smallest absolute Gasteiger partial charge is 0.224 e. The Morgan fingerprint density at radius 3 is 2.74 bits per heavy atom. The lowest BCUT2D eigenvalue weighted by molar-refractivity contribution is -0.116. The number of hydrogen-bond acceptors (Lipinski definition) is 3. The zero-order valence-electron chi connectivity index (χ0n) is 14.1. The van der Waals surface area contributed by atoms with Gasteiger partial charge < -0.3 is 10.2 Å². The summed E-state index contributed by atoms with van der Waals surface area (Å²) >= 11 is 0. The van der Waals surface area contributed by atoms with Crippen LogP contribution in [0.3, 0.4) is 0 Å². The molecule has 3 rings (SSSR count). The van der Waals surface area contributed by atoms with E-state index >= 15 is 0 Å². The summed E-state index contributed by atoms with van der Waals surface area (Å²) in [5.41, 5.74) is 3.06. The van der Waals surface area contributed by atoms with Gasteiger partial charge in [0.1, 0.15) is 5.82 Å². The highest BCUT2D eigenvalue weighted by molar-refractivity contribution is 5.94. The Hall–Kier alpha value is -2.10. The maximum Gasteiger partial charge on any atom is 0.224 e. The molecule has 4 nitrogen and oxygen atoms in total. The van der Waals surface area contributed by atoms with Gasteiger partial charge in [-0.3, -0.25) is 4.79 Å². The van der Waals surface area contributed by atoms with E-state index in [9.17, 15) is 4.79 Å². The standard InChI is InChI=1S/C19H25N3O/c1-3-7-19(23)20-15-8-9-17-16(13-15)14(2)12-18(21-17)22-10-5-4-6-11-22/h8-9,12-13H,3-7,10-11H2,1-2H3,(H,20,23). The summed E-state index contributed by atoms with van der Waals surface area (Å²) in [5, 5.41) is 4.07. The molecule has 1 fully saturated rings. The molecule has 0 spiro atoms. The van der Waals surface area contributed by atoms with E-state index in [-0.39, 0.29) is 5.91 Å². The van der Waals surface area contributed by atoms with E-state index in [1.807, 2.05) is 25.1 Å². The van der Waals surface area contributed by atoms with E-state index in [1.165, 1.54) is 24.8 Å². The van der Waals surface area contributed by atoms with Gasteiger partial charge in [0.15, 0.2) is 0 Å². The highest BCUT2D eigenvalue weighted by Crippen LogP contribution is 2.26. The van der Waals surface area contributed by atoms with Crippen molar-refractivity contribution in [3.05, 3.63) is 29.8 Å². The highest BCUT2D eigenvalue weighted by atomic mass is 16.1. The van der Waals surface area contributed by atoms with Crippen molar-refractivity contribution in [3.63, 3.8) is 0 Å². The number of hydrogen-bond donors (Lipinski definition) is 1. The summed E-state index contributed by atoms with van der Waals surface area (Å²) in [7, 11) is 0. The molecule has 2 heterocycles. The lowest BCUT2D eigenvalue weighted by atomic mass is 10.1. The maximum atomic E-state index is 11.8. The Balaban J connectivity index is 1.88. The SMILES string of the molecule is CCCC(=O)Nc1ccc2nc(N3CCCCC3)cc(C)c2c1. The topological polar surface area (TPSA) is 45.2 Å². The van der Waals surface area contributed by atoms with E-state index in [0.717, 1.165) is 41.9 Å². The number of amides is 1. The number of nitrogens with one attached hydrogen (secondary N) is 1. The van der Waals surface area contributed by atoms with Crippen molar-refractivity contribution < 1.29 is 4.79 Å². The van der Waals surface area contributed by atoms with Gasteiger partial charge >= 0.3 is 0 Å². The number of nitrogens with zero attached hydrogens (tertiary/aromatic N) is 2. The lowest BCUT2D eigenvalue weighted by Crippen LogP contribution is -2.30. The summed E-state index contributed by atoms with van der Waals surface area (Å²) in [5.74, 6) is 1.15. The minimum Gasteiger partial charge on any atom is -0.357 e. The van der Waals surface area contributed by atoms with Crippen LogP contribution < -0.4 is 10.2 Å². The van der Waals surface area contributed by atoms with Crippen LogP contribution in [0.15, 0.2) is 24.3 Å². The molecular formula is C19H25N3O. The number of rotatable bonds is 4. The third-order valence-corrected chi connectivity index (χ3v) is 4.44. The second-order valence-corrected chi connectivity index (χ2v) is 6.38. The van der Waals surface area contributed by atoms with Gasteiger partial charge in [0.2, 0.25) is 5.91 Å². The molecule has 0 radical (unpaired) electrons. The number of fused-ring (bicyclic) bond motifs is 1. The van der Waals surface area contributed by atoms with E-state index in [4.69, 9.17) is 4.98 Å². The molecule has 4 heteroatoms. The van der Waals surface area contributed by atoms with Crippen molar-refractivity contribution in [3.8, 4) is 0 Å². The molecule has 1 N–H and O–H groups in total. The molecule has 0 aliphatic carbocycles. The van der Waals surface area contributed by atoms with Gasteiger partial charge in [-0.1, -0.05) is 6.92 Å². The van der Waals surface area contributed by atoms with Crippen LogP contribution in [0.5, 0.6) is 0 Å². The number of aromatic nitrogens is 1. The molecule has 2 aromatic rings. The summed E-state index contributed by atoms with van der Waals surface area (Å²) in [6.45, 7) is 6.33. The first-order valence-corrected chi connectivity index (χ1v) is 8.63. The molecule has 122 valence electrons. The minimum atomic E-state index is 0.0717.